The predicted octanol–water partition coefficient (Wildman–Crippen LogP) is 18.7. The summed E-state index contributed by atoms with van der Waals surface area (Å²) >= 11 is 0. The maximum Gasteiger partial charge on any atom is 0.472 e. The molecule has 0 aliphatic rings. The van der Waals surface area contributed by atoms with Crippen LogP contribution in [0.1, 0.15) is 331 Å². The standard InChI is InChI=1S/C67H130O17P2/c1-8-10-11-12-13-17-27-34-41-48-64(69)77-54-63(84-67(72)51-44-37-30-22-20-25-32-39-46-59(5)6)57-82-86(75,76)80-53-61(68)52-79-85(73,74)81-56-62(55-78-65(70)49-42-35-28-23-21-26-33-40-47-60(7)9-2)83-66(71)50-43-36-29-19-16-14-15-18-24-31-38-45-58(3)4/h58-63,68H,8-57H2,1-7H3,(H,73,74)(H,75,76)/t60?,61-,62-,63-/m1/s1. The molecule has 0 fully saturated rings. The maximum atomic E-state index is 13.0. The molecule has 19 heteroatoms. The predicted molar refractivity (Wildman–Crippen MR) is 344 cm³/mol. The van der Waals surface area contributed by atoms with Gasteiger partial charge in [-0.3, -0.25) is 37.3 Å². The second-order valence-electron chi connectivity index (χ2n) is 25.4. The van der Waals surface area contributed by atoms with Gasteiger partial charge in [0.2, 0.25) is 0 Å². The molecule has 86 heavy (non-hydrogen) atoms. The van der Waals surface area contributed by atoms with Gasteiger partial charge >= 0.3 is 39.5 Å². The van der Waals surface area contributed by atoms with E-state index >= 15 is 0 Å². The third-order valence-corrected chi connectivity index (χ3v) is 17.6. The van der Waals surface area contributed by atoms with E-state index in [1.165, 1.54) is 141 Å². The van der Waals surface area contributed by atoms with Crippen molar-refractivity contribution in [3.05, 3.63) is 0 Å². The zero-order valence-corrected chi connectivity index (χ0v) is 57.6. The van der Waals surface area contributed by atoms with E-state index in [0.717, 1.165) is 108 Å². The van der Waals surface area contributed by atoms with E-state index in [2.05, 4.69) is 48.5 Å². The number of hydrogen-bond donors (Lipinski definition) is 3. The van der Waals surface area contributed by atoms with Crippen LogP contribution >= 0.6 is 15.6 Å². The fourth-order valence-corrected chi connectivity index (χ4v) is 11.6. The van der Waals surface area contributed by atoms with Gasteiger partial charge in [-0.1, -0.05) is 280 Å². The van der Waals surface area contributed by atoms with E-state index in [-0.39, 0.29) is 25.7 Å². The Bertz CT molecular complexity index is 1700. The summed E-state index contributed by atoms with van der Waals surface area (Å²) in [5, 5.41) is 10.6. The molecule has 6 atom stereocenters. The van der Waals surface area contributed by atoms with Crippen LogP contribution in [0.15, 0.2) is 0 Å². The van der Waals surface area contributed by atoms with Gasteiger partial charge in [-0.2, -0.15) is 0 Å². The Morgan fingerprint density at radius 3 is 0.884 bits per heavy atom. The van der Waals surface area contributed by atoms with Crippen molar-refractivity contribution in [2.75, 3.05) is 39.6 Å². The van der Waals surface area contributed by atoms with Crippen LogP contribution in [0.3, 0.4) is 0 Å². The van der Waals surface area contributed by atoms with E-state index in [1.54, 1.807) is 0 Å². The summed E-state index contributed by atoms with van der Waals surface area (Å²) in [5.74, 6) is 0.128. The molecule has 3 unspecified atom stereocenters. The highest BCUT2D eigenvalue weighted by Gasteiger charge is 2.30. The summed E-state index contributed by atoms with van der Waals surface area (Å²) in [6.07, 6.45) is 40.2. The molecular weight excluding hydrogens is 1140 g/mol. The van der Waals surface area contributed by atoms with E-state index in [9.17, 15) is 43.2 Å². The molecule has 0 aliphatic heterocycles. The number of esters is 4. The number of hydrogen-bond acceptors (Lipinski definition) is 15. The van der Waals surface area contributed by atoms with Gasteiger partial charge in [-0.15, -0.1) is 0 Å². The van der Waals surface area contributed by atoms with Crippen molar-refractivity contribution < 1.29 is 80.2 Å². The van der Waals surface area contributed by atoms with Crippen molar-refractivity contribution in [2.45, 2.75) is 349 Å². The van der Waals surface area contributed by atoms with Crippen molar-refractivity contribution in [1.82, 2.24) is 0 Å². The number of carbonyl (C=O) groups excluding carboxylic acids is 4. The zero-order chi connectivity index (χ0) is 63.8. The van der Waals surface area contributed by atoms with Gasteiger partial charge in [-0.05, 0) is 43.4 Å². The van der Waals surface area contributed by atoms with Crippen molar-refractivity contribution in [2.24, 2.45) is 17.8 Å². The number of carbonyl (C=O) groups is 4. The quantitative estimate of drug-likeness (QED) is 0.0222. The first-order valence-corrected chi connectivity index (χ1v) is 37.9. The molecule has 0 aliphatic carbocycles. The minimum Gasteiger partial charge on any atom is -0.462 e. The Balaban J connectivity index is 5.25. The summed E-state index contributed by atoms with van der Waals surface area (Å²) in [6, 6.07) is 0. The molecule has 0 saturated heterocycles. The molecule has 3 N–H and O–H groups in total. The summed E-state index contributed by atoms with van der Waals surface area (Å²) in [6.45, 7) is 11.8. The number of aliphatic hydroxyl groups is 1. The third-order valence-electron chi connectivity index (χ3n) is 15.7. The SMILES string of the molecule is CCCCCCCCCCCC(=O)OC[C@H](COP(=O)(O)OC[C@H](O)COP(=O)(O)OC[C@@H](COC(=O)CCCCCCCCCCC(C)CC)OC(=O)CCCCCCCCCCCCCC(C)C)OC(=O)CCCCCCCCCCC(C)C. The molecule has 510 valence electrons. The minimum absolute atomic E-state index is 0.104. The first kappa shape index (κ1) is 84.1. The van der Waals surface area contributed by atoms with Crippen LogP contribution in [0.25, 0.3) is 0 Å². The van der Waals surface area contributed by atoms with Crippen molar-refractivity contribution >= 4 is 39.5 Å². The molecule has 0 aromatic carbocycles. The monoisotopic (exact) mass is 1270 g/mol. The fourth-order valence-electron chi connectivity index (χ4n) is 9.98. The fraction of sp³-hybridized carbons (Fsp3) is 0.940. The molecule has 0 aromatic rings. The smallest absolute Gasteiger partial charge is 0.462 e. The number of unbranched alkanes of at least 4 members (excludes halogenated alkanes) is 32. The van der Waals surface area contributed by atoms with Crippen molar-refractivity contribution in [3.63, 3.8) is 0 Å². The Morgan fingerprint density at radius 1 is 0.337 bits per heavy atom. The highest BCUT2D eigenvalue weighted by Crippen LogP contribution is 2.45. The molecule has 0 aromatic heterocycles. The second kappa shape index (κ2) is 58.2. The second-order valence-corrected chi connectivity index (χ2v) is 28.3. The molecule has 0 amide bonds. The maximum absolute atomic E-state index is 13.0. The Labute approximate surface area is 524 Å². The molecule has 0 saturated carbocycles. The molecule has 0 bridgehead atoms. The van der Waals surface area contributed by atoms with Gasteiger partial charge in [0.1, 0.15) is 19.3 Å². The van der Waals surface area contributed by atoms with Gasteiger partial charge in [0, 0.05) is 25.7 Å². The van der Waals surface area contributed by atoms with Gasteiger partial charge < -0.3 is 33.8 Å². The Morgan fingerprint density at radius 2 is 0.593 bits per heavy atom. The largest absolute Gasteiger partial charge is 0.472 e. The highest BCUT2D eigenvalue weighted by molar-refractivity contribution is 7.47. The average molecular weight is 1270 g/mol. The summed E-state index contributed by atoms with van der Waals surface area (Å²) in [4.78, 5) is 72.3. The third kappa shape index (κ3) is 59.7. The number of rotatable bonds is 65. The first-order valence-electron chi connectivity index (χ1n) is 34.9. The first-order chi connectivity index (χ1) is 41.3. The van der Waals surface area contributed by atoms with E-state index in [1.807, 2.05) is 0 Å². The molecule has 0 rings (SSSR count). The molecule has 0 radical (unpaired) electrons. The zero-order valence-electron chi connectivity index (χ0n) is 55.8. The van der Waals surface area contributed by atoms with Crippen LogP contribution < -0.4 is 0 Å². The normalized spacial score (nSPS) is 14.6. The van der Waals surface area contributed by atoms with Crippen LogP contribution in [-0.2, 0) is 65.4 Å². The van der Waals surface area contributed by atoms with Gasteiger partial charge in [0.05, 0.1) is 26.4 Å². The minimum atomic E-state index is -4.95. The van der Waals surface area contributed by atoms with Gasteiger partial charge in [0.15, 0.2) is 12.2 Å². The summed E-state index contributed by atoms with van der Waals surface area (Å²) < 4.78 is 68.1. The topological polar surface area (TPSA) is 237 Å². The Hall–Kier alpha value is -1.94. The van der Waals surface area contributed by atoms with Crippen LogP contribution in [0.4, 0.5) is 0 Å². The summed E-state index contributed by atoms with van der Waals surface area (Å²) in [5.41, 5.74) is 0. The molecule has 0 heterocycles. The molecular formula is C67H130O17P2. The number of ether oxygens (including phenoxy) is 4. The van der Waals surface area contributed by atoms with Crippen LogP contribution in [0, 0.1) is 17.8 Å². The number of aliphatic hydroxyl groups excluding tert-OH is 1. The van der Waals surface area contributed by atoms with E-state index in [4.69, 9.17) is 37.0 Å². The highest BCUT2D eigenvalue weighted by atomic mass is 31.2. The summed E-state index contributed by atoms with van der Waals surface area (Å²) in [7, 11) is -9.89. The lowest BCUT2D eigenvalue weighted by molar-refractivity contribution is -0.161. The molecule has 0 spiro atoms. The van der Waals surface area contributed by atoms with E-state index in [0.29, 0.717) is 25.7 Å². The van der Waals surface area contributed by atoms with Gasteiger partial charge in [0.25, 0.3) is 0 Å². The van der Waals surface area contributed by atoms with Crippen molar-refractivity contribution in [3.8, 4) is 0 Å². The lowest BCUT2D eigenvalue weighted by atomic mass is 9.99. The lowest BCUT2D eigenvalue weighted by Gasteiger charge is -2.21. The number of phosphoric acid groups is 2. The van der Waals surface area contributed by atoms with Crippen molar-refractivity contribution in [1.29, 1.82) is 0 Å². The van der Waals surface area contributed by atoms with Gasteiger partial charge in [-0.25, -0.2) is 9.13 Å². The average Bonchev–Trinajstić information content (AvgIpc) is 3.59. The van der Waals surface area contributed by atoms with E-state index < -0.39 is 97.5 Å². The number of phosphoric ester groups is 2. The van der Waals surface area contributed by atoms with Crippen LogP contribution in [0.5, 0.6) is 0 Å². The molecule has 17 nitrogen and oxygen atoms in total. The van der Waals surface area contributed by atoms with Crippen LogP contribution in [-0.4, -0.2) is 96.7 Å². The van der Waals surface area contributed by atoms with Crippen LogP contribution in [0.2, 0.25) is 0 Å². The Kier molecular flexibility index (Phi) is 56.9. The lowest BCUT2D eigenvalue weighted by Crippen LogP contribution is -2.30.